The standard InChI is InChI=1S/C61H102O5/c1-4-7-10-13-16-19-22-25-28-31-33-36-39-42-45-48-51-54-60(62)65-58-59(57-64-56-53-50-47-44-41-38-35-30-27-24-21-18-15-12-9-6-3)66-61(63)55-52-49-46-43-40-37-34-32-29-26-23-20-17-14-11-8-5-2/h7,9-10,12,16,18-19,21,25-30,38,41,47,50,59H,4-6,8,11,13-15,17,20,22-24,31-37,39-40,42-46,48-49,51-58H2,1-3H3/b10-7-,12-9-,19-16-,21-18-,28-25-,29-26-,30-27-,41-38-,50-47-. The van der Waals surface area contributed by atoms with Crippen LogP contribution in [0.1, 0.15) is 239 Å². The molecule has 0 spiro atoms. The summed E-state index contributed by atoms with van der Waals surface area (Å²) in [5.41, 5.74) is 0. The third-order valence-electron chi connectivity index (χ3n) is 11.3. The second-order valence-electron chi connectivity index (χ2n) is 17.7. The molecule has 0 heterocycles. The minimum absolute atomic E-state index is 0.0432. The first-order valence-electron chi connectivity index (χ1n) is 27.4. The van der Waals surface area contributed by atoms with Crippen molar-refractivity contribution in [2.75, 3.05) is 19.8 Å². The maximum Gasteiger partial charge on any atom is 0.306 e. The molecular formula is C61H102O5. The fraction of sp³-hybridized carbons (Fsp3) is 0.672. The molecule has 0 N–H and O–H groups in total. The van der Waals surface area contributed by atoms with E-state index in [9.17, 15) is 9.59 Å². The minimum Gasteiger partial charge on any atom is -0.462 e. The number of carbonyl (C=O) groups is 2. The summed E-state index contributed by atoms with van der Waals surface area (Å²) in [7, 11) is 0. The minimum atomic E-state index is -0.589. The number of unbranched alkanes of at least 4 members (excludes halogenated alkanes) is 20. The highest BCUT2D eigenvalue weighted by atomic mass is 16.6. The quantitative estimate of drug-likeness (QED) is 0.0346. The number of carbonyl (C=O) groups excluding carboxylic acids is 2. The van der Waals surface area contributed by atoms with Crippen LogP contribution in [0.2, 0.25) is 0 Å². The van der Waals surface area contributed by atoms with E-state index in [1.165, 1.54) is 103 Å². The lowest BCUT2D eigenvalue weighted by Gasteiger charge is -2.18. The molecule has 376 valence electrons. The van der Waals surface area contributed by atoms with Gasteiger partial charge in [0.05, 0.1) is 13.2 Å². The predicted molar refractivity (Wildman–Crippen MR) is 288 cm³/mol. The van der Waals surface area contributed by atoms with E-state index >= 15 is 0 Å². The molecule has 1 atom stereocenters. The van der Waals surface area contributed by atoms with Gasteiger partial charge in [-0.3, -0.25) is 9.59 Å². The number of hydrogen-bond donors (Lipinski definition) is 0. The normalized spacial score (nSPS) is 13.1. The second kappa shape index (κ2) is 55.9. The zero-order valence-corrected chi connectivity index (χ0v) is 43.2. The highest BCUT2D eigenvalue weighted by Crippen LogP contribution is 2.14. The van der Waals surface area contributed by atoms with Gasteiger partial charge in [-0.15, -0.1) is 0 Å². The molecule has 0 fully saturated rings. The Morgan fingerprint density at radius 3 is 1.11 bits per heavy atom. The summed E-state index contributed by atoms with van der Waals surface area (Å²) in [6, 6.07) is 0. The summed E-state index contributed by atoms with van der Waals surface area (Å²) >= 11 is 0. The van der Waals surface area contributed by atoms with Crippen molar-refractivity contribution in [1.29, 1.82) is 0 Å². The van der Waals surface area contributed by atoms with Gasteiger partial charge in [-0.2, -0.15) is 0 Å². The fourth-order valence-corrected chi connectivity index (χ4v) is 7.29. The van der Waals surface area contributed by atoms with E-state index in [0.717, 1.165) is 103 Å². The highest BCUT2D eigenvalue weighted by Gasteiger charge is 2.17. The summed E-state index contributed by atoms with van der Waals surface area (Å²) < 4.78 is 17.3. The van der Waals surface area contributed by atoms with Crippen LogP contribution in [0.25, 0.3) is 0 Å². The molecule has 0 bridgehead atoms. The fourth-order valence-electron chi connectivity index (χ4n) is 7.29. The van der Waals surface area contributed by atoms with E-state index < -0.39 is 6.10 Å². The van der Waals surface area contributed by atoms with E-state index in [1.807, 2.05) is 0 Å². The van der Waals surface area contributed by atoms with E-state index in [4.69, 9.17) is 14.2 Å². The molecule has 0 aromatic carbocycles. The molecule has 0 aliphatic heterocycles. The third-order valence-corrected chi connectivity index (χ3v) is 11.3. The molecule has 0 aliphatic carbocycles. The Hall–Kier alpha value is -3.44. The van der Waals surface area contributed by atoms with Crippen molar-refractivity contribution < 1.29 is 23.8 Å². The van der Waals surface area contributed by atoms with Crippen molar-refractivity contribution in [1.82, 2.24) is 0 Å². The summed E-state index contributed by atoms with van der Waals surface area (Å²) in [4.78, 5) is 25.5. The van der Waals surface area contributed by atoms with E-state index in [-0.39, 0.29) is 25.2 Å². The van der Waals surface area contributed by atoms with Crippen molar-refractivity contribution in [3.63, 3.8) is 0 Å². The molecule has 0 aromatic heterocycles. The molecule has 0 aromatic rings. The average Bonchev–Trinajstić information content (AvgIpc) is 3.32. The lowest BCUT2D eigenvalue weighted by atomic mass is 10.1. The Morgan fingerprint density at radius 1 is 0.348 bits per heavy atom. The smallest absolute Gasteiger partial charge is 0.306 e. The number of ether oxygens (including phenoxy) is 3. The zero-order valence-electron chi connectivity index (χ0n) is 43.2. The van der Waals surface area contributed by atoms with Crippen LogP contribution in [0.3, 0.4) is 0 Å². The lowest BCUT2D eigenvalue weighted by molar-refractivity contribution is -0.162. The molecule has 5 heteroatoms. The van der Waals surface area contributed by atoms with Gasteiger partial charge in [-0.05, 0) is 109 Å². The Balaban J connectivity index is 4.41. The molecule has 0 rings (SSSR count). The number of allylic oxidation sites excluding steroid dienone is 17. The van der Waals surface area contributed by atoms with Crippen LogP contribution >= 0.6 is 0 Å². The van der Waals surface area contributed by atoms with Crippen LogP contribution in [0.5, 0.6) is 0 Å². The molecule has 0 aliphatic rings. The maximum absolute atomic E-state index is 12.8. The Morgan fingerprint density at radius 2 is 0.682 bits per heavy atom. The van der Waals surface area contributed by atoms with Crippen LogP contribution < -0.4 is 0 Å². The zero-order chi connectivity index (χ0) is 47.7. The Bertz CT molecular complexity index is 1310. The number of rotatable bonds is 49. The Labute approximate surface area is 408 Å². The van der Waals surface area contributed by atoms with Crippen LogP contribution in [0.4, 0.5) is 0 Å². The molecule has 0 saturated heterocycles. The van der Waals surface area contributed by atoms with Gasteiger partial charge in [0.15, 0.2) is 6.10 Å². The first-order chi connectivity index (χ1) is 32.6. The molecule has 0 radical (unpaired) electrons. The largest absolute Gasteiger partial charge is 0.462 e. The monoisotopic (exact) mass is 915 g/mol. The average molecular weight is 915 g/mol. The van der Waals surface area contributed by atoms with Crippen molar-refractivity contribution in [3.05, 3.63) is 109 Å². The second-order valence-corrected chi connectivity index (χ2v) is 17.7. The number of esters is 2. The summed E-state index contributed by atoms with van der Waals surface area (Å²) in [5, 5.41) is 0. The van der Waals surface area contributed by atoms with Gasteiger partial charge in [0, 0.05) is 12.8 Å². The van der Waals surface area contributed by atoms with Gasteiger partial charge >= 0.3 is 11.9 Å². The molecule has 1 unspecified atom stereocenters. The first-order valence-corrected chi connectivity index (χ1v) is 27.4. The van der Waals surface area contributed by atoms with Gasteiger partial charge in [-0.25, -0.2) is 0 Å². The van der Waals surface area contributed by atoms with Crippen LogP contribution in [0, 0.1) is 0 Å². The topological polar surface area (TPSA) is 61.8 Å². The van der Waals surface area contributed by atoms with Crippen molar-refractivity contribution in [2.45, 2.75) is 245 Å². The molecule has 0 saturated carbocycles. The van der Waals surface area contributed by atoms with Crippen molar-refractivity contribution >= 4 is 11.9 Å². The van der Waals surface area contributed by atoms with E-state index in [0.29, 0.717) is 19.4 Å². The highest BCUT2D eigenvalue weighted by molar-refractivity contribution is 5.70. The van der Waals surface area contributed by atoms with E-state index in [1.54, 1.807) is 0 Å². The van der Waals surface area contributed by atoms with Gasteiger partial charge in [0.1, 0.15) is 6.61 Å². The molecule has 0 amide bonds. The van der Waals surface area contributed by atoms with E-state index in [2.05, 4.69) is 130 Å². The van der Waals surface area contributed by atoms with Gasteiger partial charge in [0.25, 0.3) is 0 Å². The Kier molecular flexibility index (Phi) is 53.0. The lowest BCUT2D eigenvalue weighted by Crippen LogP contribution is -2.30. The summed E-state index contributed by atoms with van der Waals surface area (Å²) in [6.07, 6.45) is 76.9. The molecule has 5 nitrogen and oxygen atoms in total. The molecule has 66 heavy (non-hydrogen) atoms. The van der Waals surface area contributed by atoms with Crippen molar-refractivity contribution in [2.24, 2.45) is 0 Å². The number of hydrogen-bond acceptors (Lipinski definition) is 5. The van der Waals surface area contributed by atoms with Crippen LogP contribution in [0.15, 0.2) is 109 Å². The first kappa shape index (κ1) is 62.6. The predicted octanol–water partition coefficient (Wildman–Crippen LogP) is 18.8. The van der Waals surface area contributed by atoms with Gasteiger partial charge < -0.3 is 14.2 Å². The summed E-state index contributed by atoms with van der Waals surface area (Å²) in [6.45, 7) is 7.38. The SMILES string of the molecule is CC/C=C\C/C=C\C/C=C\C/C=C\C/C=C\CCOCC(COC(=O)CCCCCCCCC/C=C\C/C=C\C/C=C\CC)OC(=O)CCCCCCCCC/C=C\CCCCCCCC. The van der Waals surface area contributed by atoms with Gasteiger partial charge in [0.2, 0.25) is 0 Å². The maximum atomic E-state index is 12.8. The van der Waals surface area contributed by atoms with Crippen LogP contribution in [-0.2, 0) is 23.8 Å². The van der Waals surface area contributed by atoms with Crippen LogP contribution in [-0.4, -0.2) is 37.9 Å². The third kappa shape index (κ3) is 53.2. The summed E-state index contributed by atoms with van der Waals surface area (Å²) in [5.74, 6) is -0.456. The van der Waals surface area contributed by atoms with Gasteiger partial charge in [-0.1, -0.05) is 226 Å². The molecular weight excluding hydrogens is 813 g/mol. The van der Waals surface area contributed by atoms with Crippen molar-refractivity contribution in [3.8, 4) is 0 Å².